The van der Waals surface area contributed by atoms with Gasteiger partial charge in [0.15, 0.2) is 0 Å². The van der Waals surface area contributed by atoms with Gasteiger partial charge in [-0.25, -0.2) is 9.38 Å². The normalized spacial score (nSPS) is 20.5. The van der Waals surface area contributed by atoms with Gasteiger partial charge in [0, 0.05) is 19.0 Å². The van der Waals surface area contributed by atoms with Crippen molar-refractivity contribution in [2.75, 3.05) is 25.0 Å². The summed E-state index contributed by atoms with van der Waals surface area (Å²) in [6.07, 6.45) is 7.39. The Morgan fingerprint density at radius 2 is 1.87 bits per heavy atom. The maximum atomic E-state index is 14.0. The van der Waals surface area contributed by atoms with Crippen LogP contribution in [-0.2, 0) is 0 Å². The van der Waals surface area contributed by atoms with Gasteiger partial charge < -0.3 is 15.4 Å². The minimum Gasteiger partial charge on any atom is -0.370 e. The summed E-state index contributed by atoms with van der Waals surface area (Å²) in [5.74, 6) is 1.51. The highest BCUT2D eigenvalue weighted by Crippen LogP contribution is 2.44. The van der Waals surface area contributed by atoms with Crippen LogP contribution in [0.15, 0.2) is 22.0 Å². The van der Waals surface area contributed by atoms with Gasteiger partial charge in [0.25, 0.3) is 0 Å². The number of hydrogen-bond acceptors (Lipinski definition) is 5. The third kappa shape index (κ3) is 3.80. The third-order valence-electron chi connectivity index (χ3n) is 4.43. The topological polar surface area (TPSA) is 53.6 Å². The predicted molar refractivity (Wildman–Crippen MR) is 96.0 cm³/mol. The van der Waals surface area contributed by atoms with E-state index in [0.29, 0.717) is 5.92 Å². The van der Waals surface area contributed by atoms with Crippen LogP contribution in [0.3, 0.4) is 0 Å². The van der Waals surface area contributed by atoms with Crippen molar-refractivity contribution < 1.29 is 4.39 Å². The number of anilines is 1. The molecule has 3 aliphatic rings. The smallest absolute Gasteiger partial charge is 0.126 e. The van der Waals surface area contributed by atoms with Crippen LogP contribution >= 0.6 is 11.9 Å². The Labute approximate surface area is 141 Å². The Balaban J connectivity index is 0.000000753. The molecule has 0 radical (unpaired) electrons. The van der Waals surface area contributed by atoms with E-state index in [4.69, 9.17) is 4.99 Å². The predicted octanol–water partition coefficient (Wildman–Crippen LogP) is 3.83. The van der Waals surface area contributed by atoms with Gasteiger partial charge in [0.05, 0.1) is 10.6 Å². The van der Waals surface area contributed by atoms with E-state index in [-0.39, 0.29) is 5.82 Å². The zero-order chi connectivity index (χ0) is 16.2. The fraction of sp³-hybridized carbons (Fsp3) is 0.588. The molecule has 2 heterocycles. The molecule has 23 heavy (non-hydrogen) atoms. The summed E-state index contributed by atoms with van der Waals surface area (Å²) in [5.41, 5.74) is 6.46. The molecule has 6 heteroatoms. The van der Waals surface area contributed by atoms with Gasteiger partial charge >= 0.3 is 0 Å². The highest BCUT2D eigenvalue weighted by atomic mass is 32.2. The summed E-state index contributed by atoms with van der Waals surface area (Å²) in [7, 11) is 1.50. The lowest BCUT2D eigenvalue weighted by Gasteiger charge is -2.27. The number of halogens is 1. The lowest BCUT2D eigenvalue weighted by atomic mass is 10.2. The molecule has 1 aliphatic carbocycles. The highest BCUT2D eigenvalue weighted by Gasteiger charge is 2.31. The van der Waals surface area contributed by atoms with Gasteiger partial charge in [0.2, 0.25) is 0 Å². The van der Waals surface area contributed by atoms with E-state index in [2.05, 4.69) is 15.4 Å². The first-order chi connectivity index (χ1) is 11.3. The Kier molecular flexibility index (Phi) is 5.43. The molecule has 2 fully saturated rings. The van der Waals surface area contributed by atoms with Crippen molar-refractivity contribution in [3.63, 3.8) is 0 Å². The van der Waals surface area contributed by atoms with Crippen molar-refractivity contribution in [1.29, 1.82) is 0 Å². The van der Waals surface area contributed by atoms with Crippen LogP contribution in [0.25, 0.3) is 0 Å². The summed E-state index contributed by atoms with van der Waals surface area (Å²) in [5, 5.41) is 0. The van der Waals surface area contributed by atoms with Crippen LogP contribution in [0.2, 0.25) is 0 Å². The fourth-order valence-electron chi connectivity index (χ4n) is 3.09. The standard InChI is InChI=1S/C16H20FN3S.CH5N/c17-12-9-13(20-7-3-1-2-4-8-20)15-14(10-12)21-19-16(18-15)11-5-6-11;1-2/h9-11H,1-8H2,(H,18,19);2H2,1H3. The minimum atomic E-state index is -0.160. The molecule has 4 nitrogen and oxygen atoms in total. The molecule has 3 N–H and O–H groups in total. The summed E-state index contributed by atoms with van der Waals surface area (Å²) in [6.45, 7) is 2.03. The molecule has 0 spiro atoms. The van der Waals surface area contributed by atoms with E-state index >= 15 is 0 Å². The van der Waals surface area contributed by atoms with Gasteiger partial charge in [-0.15, -0.1) is 0 Å². The van der Waals surface area contributed by atoms with Crippen LogP contribution < -0.4 is 15.4 Å². The summed E-state index contributed by atoms with van der Waals surface area (Å²) < 4.78 is 17.3. The molecular weight excluding hydrogens is 311 g/mol. The molecule has 126 valence electrons. The first-order valence-electron chi connectivity index (χ1n) is 8.49. The van der Waals surface area contributed by atoms with Crippen LogP contribution in [0.1, 0.15) is 38.5 Å². The molecule has 0 unspecified atom stereocenters. The molecule has 0 amide bonds. The summed E-state index contributed by atoms with van der Waals surface area (Å²) in [4.78, 5) is 8.07. The van der Waals surface area contributed by atoms with E-state index in [0.717, 1.165) is 35.2 Å². The largest absolute Gasteiger partial charge is 0.370 e. The average Bonchev–Trinajstić information content (AvgIpc) is 3.42. The Bertz CT molecular complexity index is 578. The molecule has 0 atom stereocenters. The highest BCUT2D eigenvalue weighted by molar-refractivity contribution is 7.98. The number of nitrogens with zero attached hydrogens (tertiary/aromatic N) is 2. The molecule has 4 rings (SSSR count). The second-order valence-corrected chi connectivity index (χ2v) is 7.00. The zero-order valence-electron chi connectivity index (χ0n) is 13.6. The van der Waals surface area contributed by atoms with Gasteiger partial charge in [0.1, 0.15) is 17.3 Å². The molecule has 1 aromatic carbocycles. The molecule has 0 bridgehead atoms. The second-order valence-electron chi connectivity index (χ2n) is 6.15. The maximum absolute atomic E-state index is 14.0. The van der Waals surface area contributed by atoms with Crippen LogP contribution in [0, 0.1) is 11.7 Å². The number of nitrogens with one attached hydrogen (secondary N) is 1. The zero-order valence-corrected chi connectivity index (χ0v) is 14.5. The number of hydrogen-bond donors (Lipinski definition) is 2. The Hall–Kier alpha value is -1.27. The first-order valence-corrected chi connectivity index (χ1v) is 9.30. The molecular formula is C17H25FN4S. The van der Waals surface area contributed by atoms with Crippen molar-refractivity contribution in [1.82, 2.24) is 4.72 Å². The van der Waals surface area contributed by atoms with Crippen molar-refractivity contribution >= 4 is 29.2 Å². The van der Waals surface area contributed by atoms with Crippen LogP contribution in [0.5, 0.6) is 0 Å². The molecule has 2 aliphatic heterocycles. The number of fused-ring (bicyclic) bond motifs is 1. The number of aliphatic imine (C=N–C) groups is 1. The summed E-state index contributed by atoms with van der Waals surface area (Å²) in [6, 6.07) is 3.27. The van der Waals surface area contributed by atoms with E-state index in [1.165, 1.54) is 57.5 Å². The lowest BCUT2D eigenvalue weighted by Crippen LogP contribution is -2.26. The van der Waals surface area contributed by atoms with Crippen molar-refractivity contribution in [3.8, 4) is 0 Å². The fourth-order valence-corrected chi connectivity index (χ4v) is 3.93. The Morgan fingerprint density at radius 3 is 2.52 bits per heavy atom. The molecule has 1 aromatic rings. The number of amidine groups is 1. The van der Waals surface area contributed by atoms with E-state index in [1.807, 2.05) is 0 Å². The number of rotatable bonds is 2. The number of benzene rings is 1. The van der Waals surface area contributed by atoms with Crippen molar-refractivity contribution in [2.45, 2.75) is 43.4 Å². The molecule has 1 saturated heterocycles. The average molecular weight is 336 g/mol. The SMILES string of the molecule is CN.Fc1cc2c(c(N3CCCCCC3)c1)N=C(C1CC1)NS2. The van der Waals surface area contributed by atoms with Gasteiger partial charge in [-0.2, -0.15) is 0 Å². The third-order valence-corrected chi connectivity index (χ3v) is 5.27. The van der Waals surface area contributed by atoms with Crippen molar-refractivity contribution in [2.24, 2.45) is 16.6 Å². The van der Waals surface area contributed by atoms with Gasteiger partial charge in [-0.1, -0.05) is 12.8 Å². The quantitative estimate of drug-likeness (QED) is 0.806. The first kappa shape index (κ1) is 16.6. The van der Waals surface area contributed by atoms with Crippen LogP contribution in [0.4, 0.5) is 15.8 Å². The molecule has 1 saturated carbocycles. The van der Waals surface area contributed by atoms with Gasteiger partial charge in [-0.3, -0.25) is 0 Å². The monoisotopic (exact) mass is 336 g/mol. The van der Waals surface area contributed by atoms with E-state index < -0.39 is 0 Å². The lowest BCUT2D eigenvalue weighted by molar-refractivity contribution is 0.622. The van der Waals surface area contributed by atoms with Crippen LogP contribution in [-0.4, -0.2) is 26.0 Å². The minimum absolute atomic E-state index is 0.160. The molecule has 0 aromatic heterocycles. The number of nitrogens with two attached hydrogens (primary N) is 1. The second kappa shape index (κ2) is 7.53. The van der Waals surface area contributed by atoms with E-state index in [9.17, 15) is 4.39 Å². The Morgan fingerprint density at radius 1 is 1.17 bits per heavy atom. The maximum Gasteiger partial charge on any atom is 0.126 e. The van der Waals surface area contributed by atoms with Crippen molar-refractivity contribution in [3.05, 3.63) is 17.9 Å². The summed E-state index contributed by atoms with van der Waals surface area (Å²) >= 11 is 1.52. The van der Waals surface area contributed by atoms with Gasteiger partial charge in [-0.05, 0) is 56.8 Å². The van der Waals surface area contributed by atoms with E-state index in [1.54, 1.807) is 12.1 Å².